The Morgan fingerprint density at radius 1 is 1.20 bits per heavy atom. The zero-order valence-electron chi connectivity index (χ0n) is 13.0. The van der Waals surface area contributed by atoms with Crippen LogP contribution >= 0.6 is 0 Å². The summed E-state index contributed by atoms with van der Waals surface area (Å²) in [5.41, 5.74) is 7.33. The highest BCUT2D eigenvalue weighted by Crippen LogP contribution is 2.34. The molecule has 20 heavy (non-hydrogen) atoms. The molecule has 0 heterocycles. The van der Waals surface area contributed by atoms with Gasteiger partial charge in [-0.15, -0.1) is 0 Å². The van der Waals surface area contributed by atoms with Crippen LogP contribution in [0.15, 0.2) is 12.1 Å². The Bertz CT molecular complexity index is 441. The lowest BCUT2D eigenvalue weighted by Gasteiger charge is -2.23. The molecule has 0 aliphatic carbocycles. The topological polar surface area (TPSA) is 76.7 Å². The van der Waals surface area contributed by atoms with Gasteiger partial charge < -0.3 is 25.6 Å². The van der Waals surface area contributed by atoms with Crippen LogP contribution in [0.3, 0.4) is 0 Å². The predicted octanol–water partition coefficient (Wildman–Crippen LogP) is 2.50. The van der Waals surface area contributed by atoms with Crippen molar-refractivity contribution in [3.63, 3.8) is 0 Å². The van der Waals surface area contributed by atoms with E-state index in [1.807, 2.05) is 0 Å². The molecule has 0 radical (unpaired) electrons. The molecule has 1 unspecified atom stereocenters. The van der Waals surface area contributed by atoms with Gasteiger partial charge in [-0.25, -0.2) is 0 Å². The zero-order valence-corrected chi connectivity index (χ0v) is 13.0. The van der Waals surface area contributed by atoms with Crippen LogP contribution in [0.2, 0.25) is 0 Å². The molecule has 0 fully saturated rings. The minimum atomic E-state index is -0.428. The number of nitrogens with two attached hydrogens (primary N) is 1. The van der Waals surface area contributed by atoms with Crippen molar-refractivity contribution in [3.8, 4) is 11.5 Å². The molecule has 1 aromatic carbocycles. The van der Waals surface area contributed by atoms with Crippen LogP contribution < -0.4 is 20.5 Å². The zero-order chi connectivity index (χ0) is 15.3. The van der Waals surface area contributed by atoms with E-state index in [1.165, 1.54) is 0 Å². The molecule has 0 aliphatic heterocycles. The number of hydrogen-bond donors (Lipinski definition) is 3. The first-order valence-corrected chi connectivity index (χ1v) is 6.70. The molecule has 0 bridgehead atoms. The third-order valence-corrected chi connectivity index (χ3v) is 2.93. The molecule has 1 aromatic rings. The molecule has 1 rings (SSSR count). The lowest BCUT2D eigenvalue weighted by Crippen LogP contribution is -2.25. The minimum Gasteiger partial charge on any atom is -0.493 e. The number of aliphatic hydroxyl groups excluding tert-OH is 1. The first-order chi connectivity index (χ1) is 9.26. The Morgan fingerprint density at radius 2 is 1.75 bits per heavy atom. The molecule has 0 aliphatic rings. The van der Waals surface area contributed by atoms with Crippen LogP contribution in [0.1, 0.15) is 27.2 Å². The van der Waals surface area contributed by atoms with Crippen molar-refractivity contribution in [2.75, 3.05) is 31.8 Å². The molecule has 0 amide bonds. The fourth-order valence-corrected chi connectivity index (χ4v) is 2.05. The molecular weight excluding hydrogens is 256 g/mol. The Morgan fingerprint density at radius 3 is 2.25 bits per heavy atom. The van der Waals surface area contributed by atoms with Crippen molar-refractivity contribution in [3.05, 3.63) is 12.1 Å². The Kier molecular flexibility index (Phi) is 5.51. The Labute approximate surface area is 121 Å². The summed E-state index contributed by atoms with van der Waals surface area (Å²) in [7, 11) is 3.14. The average molecular weight is 282 g/mol. The number of rotatable bonds is 6. The summed E-state index contributed by atoms with van der Waals surface area (Å²) in [5.74, 6) is 1.19. The van der Waals surface area contributed by atoms with Gasteiger partial charge in [0.15, 0.2) is 11.5 Å². The SMILES string of the molecule is COc1cc(N)c(NCC(O)CC(C)(C)C)cc1OC. The van der Waals surface area contributed by atoms with E-state index in [2.05, 4.69) is 26.1 Å². The largest absolute Gasteiger partial charge is 0.493 e. The number of nitrogens with one attached hydrogen (secondary N) is 1. The second-order valence-electron chi connectivity index (χ2n) is 6.09. The first-order valence-electron chi connectivity index (χ1n) is 6.70. The van der Waals surface area contributed by atoms with Crippen molar-refractivity contribution < 1.29 is 14.6 Å². The van der Waals surface area contributed by atoms with Gasteiger partial charge in [-0.05, 0) is 11.8 Å². The fourth-order valence-electron chi connectivity index (χ4n) is 2.05. The summed E-state index contributed by atoms with van der Waals surface area (Å²) in [6.45, 7) is 6.74. The van der Waals surface area contributed by atoms with Crippen molar-refractivity contribution in [2.45, 2.75) is 33.3 Å². The van der Waals surface area contributed by atoms with Gasteiger partial charge in [0.1, 0.15) is 0 Å². The maximum atomic E-state index is 10.0. The number of anilines is 2. The lowest BCUT2D eigenvalue weighted by atomic mass is 9.89. The van der Waals surface area contributed by atoms with Crippen LogP contribution in [-0.4, -0.2) is 32.0 Å². The van der Waals surface area contributed by atoms with Gasteiger partial charge in [0.25, 0.3) is 0 Å². The lowest BCUT2D eigenvalue weighted by molar-refractivity contribution is 0.132. The van der Waals surface area contributed by atoms with E-state index in [9.17, 15) is 5.11 Å². The second-order valence-corrected chi connectivity index (χ2v) is 6.09. The van der Waals surface area contributed by atoms with Gasteiger partial charge in [0.2, 0.25) is 0 Å². The van der Waals surface area contributed by atoms with Gasteiger partial charge in [-0.1, -0.05) is 20.8 Å². The second kappa shape index (κ2) is 6.70. The summed E-state index contributed by atoms with van der Waals surface area (Å²) in [6.07, 6.45) is 0.287. The van der Waals surface area contributed by atoms with Crippen LogP contribution in [0.5, 0.6) is 11.5 Å². The molecule has 4 N–H and O–H groups in total. The fraction of sp³-hybridized carbons (Fsp3) is 0.600. The number of hydrogen-bond acceptors (Lipinski definition) is 5. The maximum Gasteiger partial charge on any atom is 0.162 e. The van der Waals surface area contributed by atoms with Crippen LogP contribution in [-0.2, 0) is 0 Å². The first kappa shape index (κ1) is 16.4. The Balaban J connectivity index is 2.73. The minimum absolute atomic E-state index is 0.0875. The highest BCUT2D eigenvalue weighted by atomic mass is 16.5. The van der Waals surface area contributed by atoms with Gasteiger partial charge in [-0.3, -0.25) is 0 Å². The third-order valence-electron chi connectivity index (χ3n) is 2.93. The van der Waals surface area contributed by atoms with Crippen LogP contribution in [0, 0.1) is 5.41 Å². The van der Waals surface area contributed by atoms with E-state index in [0.29, 0.717) is 30.2 Å². The van der Waals surface area contributed by atoms with E-state index in [0.717, 1.165) is 5.69 Å². The smallest absolute Gasteiger partial charge is 0.162 e. The van der Waals surface area contributed by atoms with Crippen molar-refractivity contribution in [1.29, 1.82) is 0 Å². The predicted molar refractivity (Wildman–Crippen MR) is 82.5 cm³/mol. The van der Waals surface area contributed by atoms with Crippen molar-refractivity contribution >= 4 is 11.4 Å². The normalized spacial score (nSPS) is 12.9. The van der Waals surface area contributed by atoms with Crippen LogP contribution in [0.25, 0.3) is 0 Å². The van der Waals surface area contributed by atoms with E-state index in [-0.39, 0.29) is 5.41 Å². The standard InChI is InChI=1S/C15H26N2O3/c1-15(2,3)8-10(18)9-17-12-7-14(20-5)13(19-4)6-11(12)16/h6-7,10,17-18H,8-9,16H2,1-5H3. The summed E-state index contributed by atoms with van der Waals surface area (Å²) in [6, 6.07) is 3.48. The highest BCUT2D eigenvalue weighted by molar-refractivity contribution is 5.72. The Hall–Kier alpha value is -1.62. The molecule has 0 aromatic heterocycles. The van der Waals surface area contributed by atoms with Crippen LogP contribution in [0.4, 0.5) is 11.4 Å². The molecule has 1 atom stereocenters. The van der Waals surface area contributed by atoms with E-state index in [1.54, 1.807) is 26.4 Å². The van der Waals surface area contributed by atoms with Gasteiger partial charge in [-0.2, -0.15) is 0 Å². The molecule has 0 saturated heterocycles. The monoisotopic (exact) mass is 282 g/mol. The highest BCUT2D eigenvalue weighted by Gasteiger charge is 2.17. The number of aliphatic hydroxyl groups is 1. The molecule has 5 nitrogen and oxygen atoms in total. The molecule has 5 heteroatoms. The average Bonchev–Trinajstić information content (AvgIpc) is 2.34. The quantitative estimate of drug-likeness (QED) is 0.699. The molecule has 0 spiro atoms. The molecular formula is C15H26N2O3. The number of methoxy groups -OCH3 is 2. The molecule has 114 valence electrons. The summed E-state index contributed by atoms with van der Waals surface area (Å²) >= 11 is 0. The maximum absolute atomic E-state index is 10.0. The number of benzene rings is 1. The number of ether oxygens (including phenoxy) is 2. The number of nitrogen functional groups attached to an aromatic ring is 1. The summed E-state index contributed by atoms with van der Waals surface area (Å²) in [5, 5.41) is 13.2. The van der Waals surface area contributed by atoms with Gasteiger partial charge >= 0.3 is 0 Å². The van der Waals surface area contributed by atoms with Gasteiger partial charge in [0.05, 0.1) is 31.7 Å². The van der Waals surface area contributed by atoms with E-state index >= 15 is 0 Å². The van der Waals surface area contributed by atoms with Crippen molar-refractivity contribution in [1.82, 2.24) is 0 Å². The molecule has 0 saturated carbocycles. The summed E-state index contributed by atoms with van der Waals surface area (Å²) < 4.78 is 10.4. The third kappa shape index (κ3) is 4.81. The van der Waals surface area contributed by atoms with Crippen molar-refractivity contribution in [2.24, 2.45) is 5.41 Å². The van der Waals surface area contributed by atoms with E-state index in [4.69, 9.17) is 15.2 Å². The van der Waals surface area contributed by atoms with Gasteiger partial charge in [0, 0.05) is 18.7 Å². The van der Waals surface area contributed by atoms with E-state index < -0.39 is 6.10 Å². The summed E-state index contributed by atoms with van der Waals surface area (Å²) in [4.78, 5) is 0.